The van der Waals surface area contributed by atoms with Crippen LogP contribution in [0.25, 0.3) is 0 Å². The number of halogens is 1. The average molecular weight is 284 g/mol. The van der Waals surface area contributed by atoms with Crippen molar-refractivity contribution in [1.82, 2.24) is 5.32 Å². The van der Waals surface area contributed by atoms with Gasteiger partial charge in [0.2, 0.25) is 0 Å². The molecule has 0 aromatic heterocycles. The summed E-state index contributed by atoms with van der Waals surface area (Å²) in [6, 6.07) is 4.28. The largest absolute Gasteiger partial charge is 0.394 e. The van der Waals surface area contributed by atoms with Crippen molar-refractivity contribution in [2.75, 3.05) is 32.2 Å². The molecule has 1 rings (SSSR count). The summed E-state index contributed by atoms with van der Waals surface area (Å²) in [5.41, 5.74) is -0.607. The summed E-state index contributed by atoms with van der Waals surface area (Å²) in [5, 5.41) is 21.1. The molecule has 6 heteroatoms. The van der Waals surface area contributed by atoms with Crippen molar-refractivity contribution in [2.24, 2.45) is 0 Å². The molecule has 0 fully saturated rings. The SMILES string of the molecule is CCC(CO)(CO)NC(=O)c1ccc(N(C)C)cc1F. The molecule has 0 aliphatic rings. The van der Waals surface area contributed by atoms with Crippen LogP contribution in [0, 0.1) is 5.82 Å². The molecule has 0 aliphatic heterocycles. The first-order valence-electron chi connectivity index (χ1n) is 6.40. The molecule has 3 N–H and O–H groups in total. The molecule has 5 nitrogen and oxygen atoms in total. The number of rotatable bonds is 6. The van der Waals surface area contributed by atoms with E-state index in [-0.39, 0.29) is 5.56 Å². The topological polar surface area (TPSA) is 72.8 Å². The molecule has 0 radical (unpaired) electrons. The van der Waals surface area contributed by atoms with Gasteiger partial charge >= 0.3 is 0 Å². The molecule has 0 atom stereocenters. The van der Waals surface area contributed by atoms with Crippen molar-refractivity contribution in [2.45, 2.75) is 18.9 Å². The number of nitrogens with one attached hydrogen (secondary N) is 1. The Morgan fingerprint density at radius 3 is 2.35 bits per heavy atom. The first-order valence-corrected chi connectivity index (χ1v) is 6.40. The first-order chi connectivity index (χ1) is 9.39. The molecule has 1 amide bonds. The minimum absolute atomic E-state index is 0.115. The van der Waals surface area contributed by atoms with Gasteiger partial charge in [-0.2, -0.15) is 0 Å². The van der Waals surface area contributed by atoms with E-state index < -0.39 is 30.5 Å². The van der Waals surface area contributed by atoms with Gasteiger partial charge in [-0.05, 0) is 24.6 Å². The summed E-state index contributed by atoms with van der Waals surface area (Å²) < 4.78 is 13.9. The summed E-state index contributed by atoms with van der Waals surface area (Å²) in [6.45, 7) is 0.893. The molecule has 20 heavy (non-hydrogen) atoms. The highest BCUT2D eigenvalue weighted by Gasteiger charge is 2.29. The van der Waals surface area contributed by atoms with Gasteiger partial charge in [0.1, 0.15) is 5.82 Å². The Morgan fingerprint density at radius 1 is 1.35 bits per heavy atom. The lowest BCUT2D eigenvalue weighted by atomic mass is 9.97. The smallest absolute Gasteiger partial charge is 0.254 e. The van der Waals surface area contributed by atoms with Crippen LogP contribution in [0.3, 0.4) is 0 Å². The second kappa shape index (κ2) is 6.67. The van der Waals surface area contributed by atoms with Crippen molar-refractivity contribution < 1.29 is 19.4 Å². The summed E-state index contributed by atoms with van der Waals surface area (Å²) in [4.78, 5) is 13.8. The Balaban J connectivity index is 2.98. The zero-order chi connectivity index (χ0) is 15.3. The van der Waals surface area contributed by atoms with E-state index in [9.17, 15) is 19.4 Å². The summed E-state index contributed by atoms with van der Waals surface area (Å²) in [5.74, 6) is -1.30. The summed E-state index contributed by atoms with van der Waals surface area (Å²) in [6.07, 6.45) is 0.336. The third-order valence-electron chi connectivity index (χ3n) is 3.37. The van der Waals surface area contributed by atoms with Gasteiger partial charge in [-0.15, -0.1) is 0 Å². The van der Waals surface area contributed by atoms with E-state index in [0.717, 1.165) is 0 Å². The Morgan fingerprint density at radius 2 is 1.95 bits per heavy atom. The van der Waals surface area contributed by atoms with Gasteiger partial charge in [0.05, 0.1) is 24.3 Å². The lowest BCUT2D eigenvalue weighted by Gasteiger charge is -2.29. The number of aliphatic hydroxyl groups excluding tert-OH is 2. The minimum Gasteiger partial charge on any atom is -0.394 e. The number of hydrogen-bond donors (Lipinski definition) is 3. The molecule has 0 saturated heterocycles. The van der Waals surface area contributed by atoms with E-state index >= 15 is 0 Å². The molecule has 112 valence electrons. The number of nitrogens with zero attached hydrogens (tertiary/aromatic N) is 1. The van der Waals surface area contributed by atoms with Gasteiger partial charge in [0.25, 0.3) is 5.91 Å². The molecule has 1 aromatic carbocycles. The average Bonchev–Trinajstić information content (AvgIpc) is 2.44. The second-order valence-corrected chi connectivity index (χ2v) is 4.96. The van der Waals surface area contributed by atoms with E-state index in [1.54, 1.807) is 32.0 Å². The molecule has 0 unspecified atom stereocenters. The van der Waals surface area contributed by atoms with Gasteiger partial charge in [0, 0.05) is 19.8 Å². The maximum Gasteiger partial charge on any atom is 0.254 e. The van der Waals surface area contributed by atoms with E-state index in [2.05, 4.69) is 5.32 Å². The number of hydrogen-bond acceptors (Lipinski definition) is 4. The molecule has 0 aliphatic carbocycles. The fourth-order valence-electron chi connectivity index (χ4n) is 1.72. The van der Waals surface area contributed by atoms with E-state index in [4.69, 9.17) is 0 Å². The summed E-state index contributed by atoms with van der Waals surface area (Å²) >= 11 is 0. The third-order valence-corrected chi connectivity index (χ3v) is 3.37. The predicted molar refractivity (Wildman–Crippen MR) is 75.4 cm³/mol. The van der Waals surface area contributed by atoms with Crippen LogP contribution in [0.4, 0.5) is 10.1 Å². The number of anilines is 1. The molecule has 0 saturated carbocycles. The number of aliphatic hydroxyl groups is 2. The number of benzene rings is 1. The minimum atomic E-state index is -1.14. The predicted octanol–water partition coefficient (Wildman–Crippen LogP) is 0.755. The molecule has 1 aromatic rings. The van der Waals surface area contributed by atoms with Crippen molar-refractivity contribution in [1.29, 1.82) is 0 Å². The van der Waals surface area contributed by atoms with Crippen LogP contribution in [0.5, 0.6) is 0 Å². The first kappa shape index (κ1) is 16.4. The molecular formula is C14H21FN2O3. The van der Waals surface area contributed by atoms with Crippen LogP contribution in [-0.2, 0) is 0 Å². The monoisotopic (exact) mass is 284 g/mol. The lowest BCUT2D eigenvalue weighted by molar-refractivity contribution is 0.0650. The Hall–Kier alpha value is -1.66. The van der Waals surface area contributed by atoms with Crippen LogP contribution in [0.15, 0.2) is 18.2 Å². The van der Waals surface area contributed by atoms with E-state index in [1.165, 1.54) is 12.1 Å². The van der Waals surface area contributed by atoms with Crippen LogP contribution >= 0.6 is 0 Å². The maximum atomic E-state index is 13.9. The van der Waals surface area contributed by atoms with Gasteiger partial charge in [-0.1, -0.05) is 6.92 Å². The van der Waals surface area contributed by atoms with Gasteiger partial charge in [-0.3, -0.25) is 4.79 Å². The highest BCUT2D eigenvalue weighted by molar-refractivity contribution is 5.95. The fraction of sp³-hybridized carbons (Fsp3) is 0.500. The normalized spacial score (nSPS) is 11.3. The lowest BCUT2D eigenvalue weighted by Crippen LogP contribution is -2.53. The fourth-order valence-corrected chi connectivity index (χ4v) is 1.72. The number of carbonyl (C=O) groups is 1. The third kappa shape index (κ3) is 3.46. The molecule has 0 heterocycles. The molecule has 0 spiro atoms. The van der Waals surface area contributed by atoms with Gasteiger partial charge in [-0.25, -0.2) is 4.39 Å². The van der Waals surface area contributed by atoms with Crippen LogP contribution in [-0.4, -0.2) is 49.0 Å². The van der Waals surface area contributed by atoms with Crippen molar-refractivity contribution in [3.63, 3.8) is 0 Å². The zero-order valence-corrected chi connectivity index (χ0v) is 12.0. The number of amides is 1. The van der Waals surface area contributed by atoms with Crippen molar-refractivity contribution >= 4 is 11.6 Å². The highest BCUT2D eigenvalue weighted by atomic mass is 19.1. The highest BCUT2D eigenvalue weighted by Crippen LogP contribution is 2.18. The summed E-state index contributed by atoms with van der Waals surface area (Å²) in [7, 11) is 3.54. The van der Waals surface area contributed by atoms with Crippen molar-refractivity contribution in [3.8, 4) is 0 Å². The Labute approximate surface area is 118 Å². The quantitative estimate of drug-likeness (QED) is 0.721. The van der Waals surface area contributed by atoms with Crippen molar-refractivity contribution in [3.05, 3.63) is 29.6 Å². The standard InChI is InChI=1S/C14H21FN2O3/c1-4-14(8-18,9-19)16-13(20)11-6-5-10(17(2)3)7-12(11)15/h5-7,18-19H,4,8-9H2,1-3H3,(H,16,20). The van der Waals surface area contributed by atoms with Gasteiger partial charge < -0.3 is 20.4 Å². The maximum absolute atomic E-state index is 13.9. The van der Waals surface area contributed by atoms with E-state index in [0.29, 0.717) is 12.1 Å². The molecular weight excluding hydrogens is 263 g/mol. The molecule has 0 bridgehead atoms. The Kier molecular flexibility index (Phi) is 5.47. The van der Waals surface area contributed by atoms with Crippen LogP contribution in [0.1, 0.15) is 23.7 Å². The zero-order valence-electron chi connectivity index (χ0n) is 12.0. The van der Waals surface area contributed by atoms with Crippen LogP contribution < -0.4 is 10.2 Å². The second-order valence-electron chi connectivity index (χ2n) is 4.96. The van der Waals surface area contributed by atoms with Crippen LogP contribution in [0.2, 0.25) is 0 Å². The van der Waals surface area contributed by atoms with Gasteiger partial charge in [0.15, 0.2) is 0 Å². The van der Waals surface area contributed by atoms with E-state index in [1.807, 2.05) is 0 Å². The number of carbonyl (C=O) groups excluding carboxylic acids is 1. The Bertz CT molecular complexity index is 465.